The Kier molecular flexibility index (Phi) is 20.0. The molecule has 0 saturated carbocycles. The summed E-state index contributed by atoms with van der Waals surface area (Å²) in [7, 11) is -5.10. The number of aliphatic imine (C=N–C) groups is 1. The zero-order valence-corrected chi connectivity index (χ0v) is 54.4. The van der Waals surface area contributed by atoms with E-state index in [2.05, 4.69) is 51.2 Å². The highest BCUT2D eigenvalue weighted by molar-refractivity contribution is 7.47. The molecule has 0 aliphatic carbocycles. The largest absolute Gasteiger partial charge is 0.473 e. The van der Waals surface area contributed by atoms with Gasteiger partial charge in [0.2, 0.25) is 53.9 Å². The number of nitrogens with one attached hydrogen (secondary N) is 5. The SMILES string of the molecule is C/C1=C2/N/C(=C\C3N[C@@H](/C(C)=C4\N[C@H]([C@H](CC(N)=O)[C@@]4(C)CCC(=O)N=C[C@@H](C)OP(=O)(O)O[C@H]4[C@@H](O)[C@@H]([n+]5c[nH]c6cc(C)c(C)cc65)O[C@@H]4CO)[C@]4(C)NC1[C@@H](CCC(N)=O)[C@]4(C)CC(N)=O)[C@@H](CCC(N)=O)C3(C)C)[C@@H](CCC(N)=O)[C@]2(C)CC(N)=O. The van der Waals surface area contributed by atoms with E-state index in [0.29, 0.717) is 34.6 Å². The number of phosphoric ester groups is 1. The molecule has 2 aromatic rings. The number of aryl methyl sites for hydroxylation is 2. The third kappa shape index (κ3) is 13.2. The lowest BCUT2D eigenvalue weighted by atomic mass is 9.56. The summed E-state index contributed by atoms with van der Waals surface area (Å²) >= 11 is 0. The highest BCUT2D eigenvalue weighted by Gasteiger charge is 2.68. The molecule has 8 bridgehead atoms. The van der Waals surface area contributed by atoms with Crippen LogP contribution >= 0.6 is 7.82 Å². The van der Waals surface area contributed by atoms with Crippen LogP contribution in [0.15, 0.2) is 57.8 Å². The maximum absolute atomic E-state index is 14.3. The number of carbonyl (C=O) groups excluding carboxylic acids is 7. The maximum Gasteiger partial charge on any atom is 0.473 e. The summed E-state index contributed by atoms with van der Waals surface area (Å²) in [4.78, 5) is 112. The number of primary amides is 6. The summed E-state index contributed by atoms with van der Waals surface area (Å²) in [5, 5.41) is 37.3. The molecule has 20 N–H and O–H groups in total. The Morgan fingerprint density at radius 2 is 1.38 bits per heavy atom. The van der Waals surface area contributed by atoms with E-state index in [1.165, 1.54) is 6.92 Å². The number of aliphatic hydroxyl groups excluding tert-OH is 2. The predicted molar refractivity (Wildman–Crippen MR) is 331 cm³/mol. The van der Waals surface area contributed by atoms with Crippen LogP contribution in [0.5, 0.6) is 0 Å². The summed E-state index contributed by atoms with van der Waals surface area (Å²) in [6, 6.07) is 1.31. The minimum atomic E-state index is -5.10. The van der Waals surface area contributed by atoms with Crippen molar-refractivity contribution in [2.24, 2.45) is 84.7 Å². The van der Waals surface area contributed by atoms with E-state index in [9.17, 15) is 53.2 Å². The van der Waals surface area contributed by atoms with E-state index in [-0.39, 0.29) is 70.1 Å². The Morgan fingerprint density at radius 1 is 0.778 bits per heavy atom. The van der Waals surface area contributed by atoms with Crippen LogP contribution < -0.4 is 60.2 Å². The van der Waals surface area contributed by atoms with Crippen LogP contribution in [-0.4, -0.2) is 128 Å². The van der Waals surface area contributed by atoms with E-state index >= 15 is 0 Å². The zero-order chi connectivity index (χ0) is 66.7. The lowest BCUT2D eigenvalue weighted by Crippen LogP contribution is -2.64. The number of nitrogens with zero attached hydrogens (tertiary/aromatic N) is 2. The number of ether oxygens (including phenoxy) is 1. The Balaban J connectivity index is 1.20. The van der Waals surface area contributed by atoms with E-state index in [1.807, 2.05) is 67.5 Å². The second-order valence-electron chi connectivity index (χ2n) is 27.7. The Bertz CT molecular complexity index is 3380. The van der Waals surface area contributed by atoms with Gasteiger partial charge in [0.15, 0.2) is 11.0 Å². The fraction of sp³-hybridized carbons (Fsp3) is 0.661. The first-order valence-electron chi connectivity index (χ1n) is 31.0. The first kappa shape index (κ1) is 69.5. The third-order valence-electron chi connectivity index (χ3n) is 21.6. The monoisotopic (exact) mass is 1280 g/mol. The molecule has 90 heavy (non-hydrogen) atoms. The van der Waals surface area contributed by atoms with Crippen molar-refractivity contribution >= 4 is 66.4 Å². The summed E-state index contributed by atoms with van der Waals surface area (Å²) in [6.45, 7) is 20.3. The predicted octanol–water partition coefficient (Wildman–Crippen LogP) is 1.62. The summed E-state index contributed by atoms with van der Waals surface area (Å²) in [6.07, 6.45) is -2.40. The second kappa shape index (κ2) is 25.9. The Hall–Kier alpha value is -6.42. The second-order valence-corrected chi connectivity index (χ2v) is 29.1. The minimum absolute atomic E-state index is 0.0250. The number of hydrogen-bond acceptors (Lipinski definition) is 17. The van der Waals surface area contributed by atoms with Crippen molar-refractivity contribution in [3.63, 3.8) is 0 Å². The fourth-order valence-corrected chi connectivity index (χ4v) is 17.6. The number of rotatable bonds is 25. The van der Waals surface area contributed by atoms with Crippen LogP contribution in [0.1, 0.15) is 150 Å². The van der Waals surface area contributed by atoms with Gasteiger partial charge in [0.25, 0.3) is 0 Å². The molecule has 5 saturated heterocycles. The number of carbonyl (C=O) groups is 7. The summed E-state index contributed by atoms with van der Waals surface area (Å²) in [5.41, 5.74) is 37.8. The van der Waals surface area contributed by atoms with E-state index in [1.54, 1.807) is 10.9 Å². The smallest absolute Gasteiger partial charge is 0.394 e. The van der Waals surface area contributed by atoms with E-state index < -0.39 is 156 Å². The van der Waals surface area contributed by atoms with Gasteiger partial charge in [0.1, 0.15) is 24.4 Å². The molecule has 0 radical (unpaired) electrons. The van der Waals surface area contributed by atoms with Gasteiger partial charge in [-0.1, -0.05) is 34.6 Å². The maximum atomic E-state index is 14.3. The standard InChI is InChI=1S/C62H94N13O14P/c1-29-20-39-40(21-30(29)2)75(28-70-39)57-52(84)53(41(27-76)87-57)89-90(85,86)88-31(3)26-69-49(83)18-19-59(8)37(22-46(66)80)56-62(11)61(10,25-48(68)82)36(14-17-45(65)79)51(74-62)33(5)55-60(9,24-47(67)81)34(12-15-43(63)77)38(71-55)23-42-58(6,7)35(13-16-44(64)78)50(72-42)32(4)54(59)73-56/h20-21,23,26,28,31,34-37,41-42,50-53,56-57,71-74,76,84H,12-19,22,24-25,27H2,1-11H3,(H13,63,64,65,66,67,68,77,78,79,80,81,82,85,86)/p+1/b38-23-,54-32-,55-33-,69-26?/t31-,34-,35-,36-,37+,41-,42?,50+,51?,52-,53-,56-,57+,59-,60+,61+,62+/m1/s1. The molecule has 6 aliphatic heterocycles. The van der Waals surface area contributed by atoms with Crippen LogP contribution in [0.3, 0.4) is 0 Å². The normalized spacial score (nSPS) is 36.9. The average molecular weight is 1280 g/mol. The molecule has 7 amide bonds. The number of fused-ring (bicyclic) bond motifs is 10. The number of imidazole rings is 1. The van der Waals surface area contributed by atoms with Gasteiger partial charge in [-0.2, -0.15) is 4.57 Å². The number of aliphatic hydroxyl groups is 2. The number of H-pyrrole nitrogens is 1. The van der Waals surface area contributed by atoms with E-state index in [4.69, 9.17) is 48.2 Å². The number of amides is 7. The number of hydrogen-bond donors (Lipinski definition) is 14. The van der Waals surface area contributed by atoms with E-state index in [0.717, 1.165) is 28.4 Å². The lowest BCUT2D eigenvalue weighted by Gasteiger charge is -2.49. The molecule has 1 aromatic heterocycles. The third-order valence-corrected chi connectivity index (χ3v) is 22.7. The minimum Gasteiger partial charge on any atom is -0.394 e. The van der Waals surface area contributed by atoms with Gasteiger partial charge >= 0.3 is 7.82 Å². The number of phosphoric acid groups is 1. The molecule has 1 aromatic carbocycles. The van der Waals surface area contributed by atoms with Crippen LogP contribution in [0.4, 0.5) is 0 Å². The molecule has 496 valence electrons. The first-order valence-corrected chi connectivity index (χ1v) is 32.4. The van der Waals surface area contributed by atoms with Crippen LogP contribution in [0.25, 0.3) is 11.0 Å². The Morgan fingerprint density at radius 3 is 1.98 bits per heavy atom. The molecule has 0 spiro atoms. The molecule has 8 rings (SSSR count). The topological polar surface area (TPSA) is 461 Å². The van der Waals surface area contributed by atoms with Crippen LogP contribution in [0.2, 0.25) is 0 Å². The molecule has 28 heteroatoms. The van der Waals surface area contributed by atoms with Gasteiger partial charge in [-0.25, -0.2) is 14.5 Å². The van der Waals surface area contributed by atoms with Crippen molar-refractivity contribution < 1.29 is 71.6 Å². The van der Waals surface area contributed by atoms with Crippen molar-refractivity contribution in [3.8, 4) is 0 Å². The van der Waals surface area contributed by atoms with Gasteiger partial charge in [-0.15, -0.1) is 0 Å². The molecule has 18 atom stereocenters. The number of aromatic amines is 1. The quantitative estimate of drug-likeness (QED) is 0.0381. The lowest BCUT2D eigenvalue weighted by molar-refractivity contribution is -0.743. The van der Waals surface area contributed by atoms with Crippen molar-refractivity contribution in [1.82, 2.24) is 26.3 Å². The summed E-state index contributed by atoms with van der Waals surface area (Å²) in [5.74, 6) is -6.50. The molecule has 27 nitrogen and oxygen atoms in total. The molecule has 5 fully saturated rings. The molecule has 3 unspecified atom stereocenters. The molecule has 7 heterocycles. The van der Waals surface area contributed by atoms with Crippen molar-refractivity contribution in [1.29, 1.82) is 0 Å². The molecular weight excluding hydrogens is 1180 g/mol. The highest BCUT2D eigenvalue weighted by Crippen LogP contribution is 2.62. The highest BCUT2D eigenvalue weighted by atomic mass is 31.2. The van der Waals surface area contributed by atoms with Crippen molar-refractivity contribution in [2.75, 3.05) is 6.61 Å². The number of allylic oxidation sites excluding steroid dienone is 3. The first-order chi connectivity index (χ1) is 41.8. The fourth-order valence-electron chi connectivity index (χ4n) is 16.6. The van der Waals surface area contributed by atoms with Gasteiger partial charge in [-0.3, -0.25) is 42.6 Å². The average Bonchev–Trinajstić information content (AvgIpc) is 1.53. The summed E-state index contributed by atoms with van der Waals surface area (Å²) < 4.78 is 32.2. The van der Waals surface area contributed by atoms with Crippen molar-refractivity contribution in [3.05, 3.63) is 63.9 Å². The number of aromatic nitrogens is 2. The van der Waals surface area contributed by atoms with Crippen molar-refractivity contribution in [2.45, 2.75) is 207 Å². The number of nitrogens with two attached hydrogens (primary N) is 6. The van der Waals surface area contributed by atoms with Gasteiger partial charge in [-0.05, 0) is 125 Å². The molecule has 6 aliphatic rings. The number of benzene rings is 1. The van der Waals surface area contributed by atoms with Gasteiger partial charge < -0.3 is 75.5 Å². The van der Waals surface area contributed by atoms with Crippen LogP contribution in [0, 0.1) is 59.2 Å². The zero-order valence-electron chi connectivity index (χ0n) is 53.5. The van der Waals surface area contributed by atoms with Gasteiger partial charge in [0.05, 0.1) is 6.61 Å². The Labute approximate surface area is 524 Å². The van der Waals surface area contributed by atoms with Gasteiger partial charge in [0, 0.05) is 126 Å². The van der Waals surface area contributed by atoms with Crippen LogP contribution in [-0.2, 0) is 51.9 Å². The molecular formula is C62H95N13O14P+.